The summed E-state index contributed by atoms with van der Waals surface area (Å²) in [6, 6.07) is 9.01. The van der Waals surface area contributed by atoms with Crippen LogP contribution in [0.15, 0.2) is 39.9 Å². The summed E-state index contributed by atoms with van der Waals surface area (Å²) in [4.78, 5) is 11.8. The molecule has 0 spiro atoms. The molecule has 132 valence electrons. The molecule has 0 saturated heterocycles. The summed E-state index contributed by atoms with van der Waals surface area (Å²) < 4.78 is 11.0. The number of benzene rings is 2. The van der Waals surface area contributed by atoms with Crippen LogP contribution in [0, 0.1) is 13.8 Å². The van der Waals surface area contributed by atoms with Crippen molar-refractivity contribution in [3.8, 4) is 17.2 Å². The number of amides is 1. The molecule has 0 radical (unpaired) electrons. The zero-order chi connectivity index (χ0) is 18.4. The van der Waals surface area contributed by atoms with Gasteiger partial charge in [-0.25, -0.2) is 5.43 Å². The first kappa shape index (κ1) is 18.8. The van der Waals surface area contributed by atoms with Crippen molar-refractivity contribution >= 4 is 28.1 Å². The number of methoxy groups -OCH3 is 1. The standard InChI is InChI=1S/C18H19BrN2O4/c1-11-4-12(2)6-14(5-11)25-10-17(22)21-20-9-13-7-15(19)18(23)16(8-13)24-3/h4-9,23H,10H2,1-3H3,(H,21,22). The minimum atomic E-state index is -0.375. The van der Waals surface area contributed by atoms with Gasteiger partial charge in [-0.05, 0) is 70.7 Å². The Bertz CT molecular complexity index is 786. The first-order chi connectivity index (χ1) is 11.9. The van der Waals surface area contributed by atoms with Crippen molar-refractivity contribution in [1.82, 2.24) is 5.43 Å². The number of phenols is 1. The quantitative estimate of drug-likeness (QED) is 0.569. The second-order valence-corrected chi connectivity index (χ2v) is 6.31. The number of ether oxygens (including phenoxy) is 2. The van der Waals surface area contributed by atoms with E-state index in [1.165, 1.54) is 13.3 Å². The molecule has 0 aliphatic carbocycles. The lowest BCUT2D eigenvalue weighted by Gasteiger charge is -2.07. The van der Waals surface area contributed by atoms with Crippen molar-refractivity contribution in [3.05, 3.63) is 51.5 Å². The molecule has 25 heavy (non-hydrogen) atoms. The van der Waals surface area contributed by atoms with Crippen molar-refractivity contribution in [2.75, 3.05) is 13.7 Å². The average Bonchev–Trinajstić information content (AvgIpc) is 2.55. The fourth-order valence-corrected chi connectivity index (χ4v) is 2.66. The Hall–Kier alpha value is -2.54. The van der Waals surface area contributed by atoms with E-state index in [2.05, 4.69) is 26.5 Å². The molecule has 1 amide bonds. The number of hydrazone groups is 1. The molecule has 0 fully saturated rings. The van der Waals surface area contributed by atoms with Crippen LogP contribution in [0.1, 0.15) is 16.7 Å². The van der Waals surface area contributed by atoms with Gasteiger partial charge in [0.25, 0.3) is 5.91 Å². The van der Waals surface area contributed by atoms with Crippen molar-refractivity contribution in [2.24, 2.45) is 5.10 Å². The van der Waals surface area contributed by atoms with Crippen molar-refractivity contribution in [2.45, 2.75) is 13.8 Å². The minimum Gasteiger partial charge on any atom is -0.503 e. The zero-order valence-electron chi connectivity index (χ0n) is 14.2. The highest BCUT2D eigenvalue weighted by Crippen LogP contribution is 2.34. The minimum absolute atomic E-state index is 0.00512. The molecule has 2 aromatic carbocycles. The second-order valence-electron chi connectivity index (χ2n) is 5.46. The Labute approximate surface area is 154 Å². The van der Waals surface area contributed by atoms with Gasteiger partial charge >= 0.3 is 0 Å². The first-order valence-corrected chi connectivity index (χ1v) is 8.28. The van der Waals surface area contributed by atoms with Gasteiger partial charge in [-0.2, -0.15) is 5.10 Å². The van der Waals surface area contributed by atoms with E-state index in [1.54, 1.807) is 12.1 Å². The number of phenolic OH excluding ortho intramolecular Hbond substituents is 1. The van der Waals surface area contributed by atoms with Crippen LogP contribution in [-0.4, -0.2) is 30.9 Å². The molecular formula is C18H19BrN2O4. The van der Waals surface area contributed by atoms with E-state index in [4.69, 9.17) is 9.47 Å². The van der Waals surface area contributed by atoms with E-state index in [0.717, 1.165) is 11.1 Å². The molecule has 0 unspecified atom stereocenters. The van der Waals surface area contributed by atoms with Crippen LogP contribution in [0.25, 0.3) is 0 Å². The highest BCUT2D eigenvalue weighted by molar-refractivity contribution is 9.10. The molecular weight excluding hydrogens is 388 g/mol. The van der Waals surface area contributed by atoms with E-state index in [0.29, 0.717) is 21.5 Å². The largest absolute Gasteiger partial charge is 0.503 e. The number of nitrogens with zero attached hydrogens (tertiary/aromatic N) is 1. The third-order valence-corrected chi connectivity index (χ3v) is 3.84. The zero-order valence-corrected chi connectivity index (χ0v) is 15.8. The van der Waals surface area contributed by atoms with Gasteiger partial charge in [-0.1, -0.05) is 6.07 Å². The van der Waals surface area contributed by atoms with Gasteiger partial charge in [0, 0.05) is 0 Å². The topological polar surface area (TPSA) is 80.2 Å². The highest BCUT2D eigenvalue weighted by Gasteiger charge is 2.07. The van der Waals surface area contributed by atoms with E-state index in [9.17, 15) is 9.90 Å². The van der Waals surface area contributed by atoms with Gasteiger partial charge in [-0.15, -0.1) is 0 Å². The molecule has 2 rings (SSSR count). The van der Waals surface area contributed by atoms with Crippen LogP contribution in [0.3, 0.4) is 0 Å². The van der Waals surface area contributed by atoms with Crippen LogP contribution in [-0.2, 0) is 4.79 Å². The Morgan fingerprint density at radius 3 is 2.56 bits per heavy atom. The summed E-state index contributed by atoms with van der Waals surface area (Å²) >= 11 is 3.22. The predicted octanol–water partition coefficient (Wildman–Crippen LogP) is 3.31. The fraction of sp³-hybridized carbons (Fsp3) is 0.222. The number of hydrogen-bond donors (Lipinski definition) is 2. The summed E-state index contributed by atoms with van der Waals surface area (Å²) in [5, 5.41) is 13.6. The Balaban J connectivity index is 1.91. The van der Waals surface area contributed by atoms with Gasteiger partial charge in [0.1, 0.15) is 5.75 Å². The van der Waals surface area contributed by atoms with Gasteiger partial charge in [-0.3, -0.25) is 4.79 Å². The number of nitrogens with one attached hydrogen (secondary N) is 1. The molecule has 7 heteroatoms. The first-order valence-electron chi connectivity index (χ1n) is 7.48. The summed E-state index contributed by atoms with van der Waals surface area (Å²) in [6.45, 7) is 3.80. The maximum Gasteiger partial charge on any atom is 0.277 e. The molecule has 0 atom stereocenters. The summed E-state index contributed by atoms with van der Waals surface area (Å²) in [7, 11) is 1.45. The van der Waals surface area contributed by atoms with Crippen LogP contribution < -0.4 is 14.9 Å². The van der Waals surface area contributed by atoms with Crippen LogP contribution in [0.4, 0.5) is 0 Å². The molecule has 6 nitrogen and oxygen atoms in total. The fourth-order valence-electron chi connectivity index (χ4n) is 2.20. The maximum absolute atomic E-state index is 11.8. The van der Waals surface area contributed by atoms with Crippen molar-refractivity contribution in [1.29, 1.82) is 0 Å². The lowest BCUT2D eigenvalue weighted by atomic mass is 10.1. The molecule has 0 aromatic heterocycles. The SMILES string of the molecule is COc1cc(C=NNC(=O)COc2cc(C)cc(C)c2)cc(Br)c1O. The van der Waals surface area contributed by atoms with Crippen LogP contribution >= 0.6 is 15.9 Å². The van der Waals surface area contributed by atoms with Crippen molar-refractivity contribution < 1.29 is 19.4 Å². The lowest BCUT2D eigenvalue weighted by molar-refractivity contribution is -0.123. The van der Waals surface area contributed by atoms with Gasteiger partial charge in [0.2, 0.25) is 0 Å². The van der Waals surface area contributed by atoms with Crippen LogP contribution in [0.2, 0.25) is 0 Å². The van der Waals surface area contributed by atoms with E-state index < -0.39 is 0 Å². The smallest absolute Gasteiger partial charge is 0.277 e. The number of hydrogen-bond acceptors (Lipinski definition) is 5. The van der Waals surface area contributed by atoms with Crippen molar-refractivity contribution in [3.63, 3.8) is 0 Å². The number of carbonyl (C=O) groups is 1. The van der Waals surface area contributed by atoms with E-state index >= 15 is 0 Å². The second kappa shape index (κ2) is 8.53. The average molecular weight is 407 g/mol. The highest BCUT2D eigenvalue weighted by atomic mass is 79.9. The van der Waals surface area contributed by atoms with E-state index in [-0.39, 0.29) is 18.3 Å². The normalized spacial score (nSPS) is 10.7. The Morgan fingerprint density at radius 2 is 1.92 bits per heavy atom. The molecule has 0 saturated carbocycles. The third-order valence-electron chi connectivity index (χ3n) is 3.24. The number of carbonyl (C=O) groups excluding carboxylic acids is 1. The molecule has 2 aromatic rings. The molecule has 0 bridgehead atoms. The van der Waals surface area contributed by atoms with E-state index in [1.807, 2.05) is 32.0 Å². The Kier molecular flexibility index (Phi) is 6.41. The maximum atomic E-state index is 11.8. The summed E-state index contributed by atoms with van der Waals surface area (Å²) in [6.07, 6.45) is 1.45. The summed E-state index contributed by atoms with van der Waals surface area (Å²) in [5.74, 6) is 0.579. The van der Waals surface area contributed by atoms with Gasteiger partial charge < -0.3 is 14.6 Å². The number of halogens is 1. The molecule has 0 heterocycles. The number of aryl methyl sites for hydroxylation is 2. The Morgan fingerprint density at radius 1 is 1.24 bits per heavy atom. The number of aromatic hydroxyl groups is 1. The van der Waals surface area contributed by atoms with Gasteiger partial charge in [0.15, 0.2) is 18.1 Å². The third kappa shape index (κ3) is 5.49. The van der Waals surface area contributed by atoms with Crippen LogP contribution in [0.5, 0.6) is 17.2 Å². The lowest BCUT2D eigenvalue weighted by Crippen LogP contribution is -2.24. The molecule has 2 N–H and O–H groups in total. The number of rotatable bonds is 6. The molecule has 0 aliphatic heterocycles. The summed E-state index contributed by atoms with van der Waals surface area (Å²) in [5.41, 5.74) is 5.18. The molecule has 0 aliphatic rings. The monoisotopic (exact) mass is 406 g/mol. The van der Waals surface area contributed by atoms with Gasteiger partial charge in [0.05, 0.1) is 17.8 Å². The predicted molar refractivity (Wildman–Crippen MR) is 99.5 cm³/mol.